The van der Waals surface area contributed by atoms with Crippen molar-refractivity contribution in [2.45, 2.75) is 0 Å². The molecule has 0 atom stereocenters. The van der Waals surface area contributed by atoms with Crippen molar-refractivity contribution in [1.82, 2.24) is 0 Å². The largest absolute Gasteiger partial charge is 0.465 e. The number of hydrogen-bond donors (Lipinski definition) is 1. The maximum Gasteiger partial charge on any atom is 0.337 e. The normalized spacial score (nSPS) is 9.90. The van der Waals surface area contributed by atoms with Gasteiger partial charge >= 0.3 is 5.97 Å². The van der Waals surface area contributed by atoms with Gasteiger partial charge in [0.2, 0.25) is 0 Å². The molecule has 2 aromatic carbocycles. The molecule has 0 aliphatic rings. The molecule has 0 spiro atoms. The standard InChI is InChI=1S/C15H12ClNO3/c1-20-15(19)11-5-3-7-13(9-11)17-14(18)10-4-2-6-12(16)8-10/h2-9H,1H3,(H,17,18). The monoisotopic (exact) mass is 289 g/mol. The number of carbonyl (C=O) groups excluding carboxylic acids is 2. The second-order valence-corrected chi connectivity index (χ2v) is 4.47. The number of ether oxygens (including phenoxy) is 1. The lowest BCUT2D eigenvalue weighted by Gasteiger charge is -2.07. The van der Waals surface area contributed by atoms with E-state index >= 15 is 0 Å². The van der Waals surface area contributed by atoms with E-state index in [4.69, 9.17) is 11.6 Å². The van der Waals surface area contributed by atoms with Crippen LogP contribution in [-0.4, -0.2) is 19.0 Å². The molecule has 0 unspecified atom stereocenters. The number of methoxy groups -OCH3 is 1. The van der Waals surface area contributed by atoms with E-state index < -0.39 is 5.97 Å². The van der Waals surface area contributed by atoms with E-state index in [2.05, 4.69) is 10.1 Å². The molecule has 0 saturated carbocycles. The molecule has 4 nitrogen and oxygen atoms in total. The van der Waals surface area contributed by atoms with E-state index in [9.17, 15) is 9.59 Å². The molecule has 5 heteroatoms. The third-order valence-corrected chi connectivity index (χ3v) is 2.86. The number of carbonyl (C=O) groups is 2. The van der Waals surface area contributed by atoms with Crippen molar-refractivity contribution in [1.29, 1.82) is 0 Å². The summed E-state index contributed by atoms with van der Waals surface area (Å²) in [6, 6.07) is 13.1. The molecule has 0 aliphatic carbocycles. The van der Waals surface area contributed by atoms with Crippen molar-refractivity contribution in [2.75, 3.05) is 12.4 Å². The smallest absolute Gasteiger partial charge is 0.337 e. The quantitative estimate of drug-likeness (QED) is 0.881. The van der Waals surface area contributed by atoms with Crippen LogP contribution < -0.4 is 5.32 Å². The van der Waals surface area contributed by atoms with Crippen LogP contribution in [0, 0.1) is 0 Å². The van der Waals surface area contributed by atoms with Crippen molar-refractivity contribution >= 4 is 29.2 Å². The Morgan fingerprint density at radius 1 is 1.05 bits per heavy atom. The minimum absolute atomic E-state index is 0.297. The fourth-order valence-electron chi connectivity index (χ4n) is 1.67. The topological polar surface area (TPSA) is 55.4 Å². The van der Waals surface area contributed by atoms with Crippen molar-refractivity contribution in [2.24, 2.45) is 0 Å². The maximum atomic E-state index is 12.0. The van der Waals surface area contributed by atoms with Crippen LogP contribution in [0.25, 0.3) is 0 Å². The van der Waals surface area contributed by atoms with E-state index in [0.717, 1.165) is 0 Å². The van der Waals surface area contributed by atoms with E-state index in [1.54, 1.807) is 48.5 Å². The number of hydrogen-bond acceptors (Lipinski definition) is 3. The molecule has 102 valence electrons. The summed E-state index contributed by atoms with van der Waals surface area (Å²) in [5.41, 5.74) is 1.33. The van der Waals surface area contributed by atoms with E-state index in [1.165, 1.54) is 7.11 Å². The number of esters is 1. The Bertz CT molecular complexity index is 655. The Labute approximate surface area is 121 Å². The summed E-state index contributed by atoms with van der Waals surface area (Å²) in [5, 5.41) is 3.19. The summed E-state index contributed by atoms with van der Waals surface area (Å²) < 4.78 is 4.63. The van der Waals surface area contributed by atoms with Crippen LogP contribution in [0.4, 0.5) is 5.69 Å². The van der Waals surface area contributed by atoms with Gasteiger partial charge in [-0.1, -0.05) is 23.7 Å². The first kappa shape index (κ1) is 14.1. The van der Waals surface area contributed by atoms with Gasteiger partial charge in [-0.05, 0) is 36.4 Å². The summed E-state index contributed by atoms with van der Waals surface area (Å²) in [4.78, 5) is 23.4. The van der Waals surface area contributed by atoms with Crippen LogP contribution in [0.1, 0.15) is 20.7 Å². The fraction of sp³-hybridized carbons (Fsp3) is 0.0667. The summed E-state index contributed by atoms with van der Waals surface area (Å²) in [7, 11) is 1.31. The highest BCUT2D eigenvalue weighted by Crippen LogP contribution is 2.15. The van der Waals surface area contributed by atoms with Gasteiger partial charge in [0, 0.05) is 16.3 Å². The minimum Gasteiger partial charge on any atom is -0.465 e. The number of anilines is 1. The van der Waals surface area contributed by atoms with Gasteiger partial charge in [0.1, 0.15) is 0 Å². The average Bonchev–Trinajstić information content (AvgIpc) is 2.46. The van der Waals surface area contributed by atoms with Gasteiger partial charge in [-0.3, -0.25) is 4.79 Å². The van der Waals surface area contributed by atoms with Crippen LogP contribution in [0.5, 0.6) is 0 Å². The van der Waals surface area contributed by atoms with Gasteiger partial charge in [-0.2, -0.15) is 0 Å². The lowest BCUT2D eigenvalue weighted by atomic mass is 10.1. The van der Waals surface area contributed by atoms with Crippen LogP contribution >= 0.6 is 11.6 Å². The molecule has 0 heterocycles. The highest BCUT2D eigenvalue weighted by molar-refractivity contribution is 6.31. The summed E-state index contributed by atoms with van der Waals surface area (Å²) in [6.45, 7) is 0. The average molecular weight is 290 g/mol. The van der Waals surface area contributed by atoms with Gasteiger partial charge in [-0.25, -0.2) is 4.79 Å². The SMILES string of the molecule is COC(=O)c1cccc(NC(=O)c2cccc(Cl)c2)c1. The summed E-state index contributed by atoms with van der Waals surface area (Å²) >= 11 is 5.84. The Morgan fingerprint density at radius 3 is 2.45 bits per heavy atom. The minimum atomic E-state index is -0.455. The zero-order chi connectivity index (χ0) is 14.5. The Hall–Kier alpha value is -2.33. The van der Waals surface area contributed by atoms with Crippen LogP contribution in [-0.2, 0) is 4.74 Å². The molecule has 1 N–H and O–H groups in total. The zero-order valence-electron chi connectivity index (χ0n) is 10.7. The molecule has 2 aromatic rings. The fourth-order valence-corrected chi connectivity index (χ4v) is 1.87. The van der Waals surface area contributed by atoms with Gasteiger partial charge in [0.25, 0.3) is 5.91 Å². The van der Waals surface area contributed by atoms with Crippen molar-refractivity contribution in [3.8, 4) is 0 Å². The second-order valence-electron chi connectivity index (χ2n) is 4.04. The molecule has 0 aromatic heterocycles. The van der Waals surface area contributed by atoms with E-state index in [-0.39, 0.29) is 5.91 Å². The summed E-state index contributed by atoms with van der Waals surface area (Å²) in [5.74, 6) is -0.752. The first-order valence-corrected chi connectivity index (χ1v) is 6.23. The molecular weight excluding hydrogens is 278 g/mol. The lowest BCUT2D eigenvalue weighted by molar-refractivity contribution is 0.0600. The molecule has 0 aliphatic heterocycles. The van der Waals surface area contributed by atoms with E-state index in [0.29, 0.717) is 21.8 Å². The first-order valence-electron chi connectivity index (χ1n) is 5.85. The van der Waals surface area contributed by atoms with Crippen LogP contribution in [0.2, 0.25) is 5.02 Å². The third-order valence-electron chi connectivity index (χ3n) is 2.63. The maximum absolute atomic E-state index is 12.0. The van der Waals surface area contributed by atoms with Crippen molar-refractivity contribution in [3.63, 3.8) is 0 Å². The van der Waals surface area contributed by atoms with Crippen LogP contribution in [0.3, 0.4) is 0 Å². The van der Waals surface area contributed by atoms with Crippen LogP contribution in [0.15, 0.2) is 48.5 Å². The molecule has 2 rings (SSSR count). The van der Waals surface area contributed by atoms with Gasteiger partial charge < -0.3 is 10.1 Å². The molecule has 0 saturated heterocycles. The third kappa shape index (κ3) is 3.36. The van der Waals surface area contributed by atoms with Crippen molar-refractivity contribution < 1.29 is 14.3 Å². The zero-order valence-corrected chi connectivity index (χ0v) is 11.5. The van der Waals surface area contributed by atoms with Gasteiger partial charge in [0.05, 0.1) is 12.7 Å². The number of nitrogens with one attached hydrogen (secondary N) is 1. The number of benzene rings is 2. The Balaban J connectivity index is 2.18. The predicted octanol–water partition coefficient (Wildman–Crippen LogP) is 3.38. The highest BCUT2D eigenvalue weighted by Gasteiger charge is 2.09. The van der Waals surface area contributed by atoms with Crippen molar-refractivity contribution in [3.05, 3.63) is 64.7 Å². The van der Waals surface area contributed by atoms with Gasteiger partial charge in [-0.15, -0.1) is 0 Å². The molecular formula is C15H12ClNO3. The summed E-state index contributed by atoms with van der Waals surface area (Å²) in [6.07, 6.45) is 0. The molecule has 0 radical (unpaired) electrons. The number of amides is 1. The Kier molecular flexibility index (Phi) is 4.38. The number of rotatable bonds is 3. The second kappa shape index (κ2) is 6.21. The lowest BCUT2D eigenvalue weighted by Crippen LogP contribution is -2.12. The molecule has 1 amide bonds. The first-order chi connectivity index (χ1) is 9.60. The molecule has 0 bridgehead atoms. The molecule has 20 heavy (non-hydrogen) atoms. The number of halogens is 1. The highest BCUT2D eigenvalue weighted by atomic mass is 35.5. The van der Waals surface area contributed by atoms with Gasteiger partial charge in [0.15, 0.2) is 0 Å². The Morgan fingerprint density at radius 2 is 1.75 bits per heavy atom. The predicted molar refractivity (Wildman–Crippen MR) is 77.2 cm³/mol. The van der Waals surface area contributed by atoms with E-state index in [1.807, 2.05) is 0 Å². The molecule has 0 fully saturated rings.